The van der Waals surface area contributed by atoms with Crippen LogP contribution in [-0.4, -0.2) is 55.1 Å². The Balaban J connectivity index is 1.24. The van der Waals surface area contributed by atoms with Crippen molar-refractivity contribution in [1.82, 2.24) is 15.5 Å². The second-order valence-corrected chi connectivity index (χ2v) is 7.89. The van der Waals surface area contributed by atoms with Gasteiger partial charge in [0.2, 0.25) is 11.8 Å². The molecule has 1 aromatic rings. The molecule has 3 aliphatic rings. The van der Waals surface area contributed by atoms with Crippen molar-refractivity contribution < 1.29 is 14.3 Å². The molecule has 3 heterocycles. The van der Waals surface area contributed by atoms with Gasteiger partial charge in [0.05, 0.1) is 12.1 Å². The largest absolute Gasteiger partial charge is 0.376 e. The number of likely N-dealkylation sites (tertiary alicyclic amines) is 1. The van der Waals surface area contributed by atoms with Crippen molar-refractivity contribution in [3.05, 3.63) is 35.4 Å². The number of nitrogens with one attached hydrogen (secondary N) is 2. The Morgan fingerprint density at radius 1 is 1.15 bits per heavy atom. The molecule has 0 bridgehead atoms. The van der Waals surface area contributed by atoms with Gasteiger partial charge >= 0.3 is 0 Å². The van der Waals surface area contributed by atoms with Crippen molar-refractivity contribution in [2.24, 2.45) is 5.92 Å². The fourth-order valence-electron chi connectivity index (χ4n) is 4.38. The molecule has 0 spiro atoms. The van der Waals surface area contributed by atoms with Crippen molar-refractivity contribution in [3.63, 3.8) is 0 Å². The summed E-state index contributed by atoms with van der Waals surface area (Å²) in [6, 6.07) is 8.15. The van der Waals surface area contributed by atoms with E-state index in [-0.39, 0.29) is 29.9 Å². The van der Waals surface area contributed by atoms with Crippen molar-refractivity contribution >= 4 is 11.8 Å². The van der Waals surface area contributed by atoms with E-state index in [1.807, 2.05) is 17.0 Å². The molecule has 2 amide bonds. The standard InChI is InChI=1S/C21H29N3O3/c25-20(23-14-18-6-3-11-27-18)15-7-9-24(10-8-15)21(26)19-12-16-4-1-2-5-17(16)13-22-19/h1-2,4-5,15,18-19,22H,3,6-14H2,(H,23,25)/t18-,19-/m0/s1. The van der Waals surface area contributed by atoms with Crippen LogP contribution < -0.4 is 10.6 Å². The number of benzene rings is 1. The number of carbonyl (C=O) groups is 2. The third-order valence-electron chi connectivity index (χ3n) is 6.08. The second-order valence-electron chi connectivity index (χ2n) is 7.89. The minimum atomic E-state index is -0.148. The average molecular weight is 371 g/mol. The fraction of sp³-hybridized carbons (Fsp3) is 0.619. The van der Waals surface area contributed by atoms with Crippen LogP contribution in [0.3, 0.4) is 0 Å². The number of nitrogens with zero attached hydrogens (tertiary/aromatic N) is 1. The van der Waals surface area contributed by atoms with Gasteiger partial charge in [-0.2, -0.15) is 0 Å². The molecule has 4 rings (SSSR count). The van der Waals surface area contributed by atoms with Gasteiger partial charge in [-0.25, -0.2) is 0 Å². The molecule has 0 saturated carbocycles. The van der Waals surface area contributed by atoms with E-state index in [1.54, 1.807) is 0 Å². The van der Waals surface area contributed by atoms with E-state index in [0.717, 1.165) is 45.3 Å². The van der Waals surface area contributed by atoms with E-state index in [4.69, 9.17) is 4.74 Å². The minimum absolute atomic E-state index is 0.00972. The van der Waals surface area contributed by atoms with E-state index in [9.17, 15) is 9.59 Å². The topological polar surface area (TPSA) is 70.7 Å². The van der Waals surface area contributed by atoms with Gasteiger partial charge in [-0.05, 0) is 43.2 Å². The highest BCUT2D eigenvalue weighted by atomic mass is 16.5. The molecular weight excluding hydrogens is 342 g/mol. The summed E-state index contributed by atoms with van der Waals surface area (Å²) in [5, 5.41) is 6.41. The number of rotatable bonds is 4. The lowest BCUT2D eigenvalue weighted by Gasteiger charge is -2.35. The highest BCUT2D eigenvalue weighted by Crippen LogP contribution is 2.22. The molecule has 2 atom stereocenters. The van der Waals surface area contributed by atoms with Crippen molar-refractivity contribution in [2.75, 3.05) is 26.2 Å². The van der Waals surface area contributed by atoms with Gasteiger partial charge in [0.15, 0.2) is 0 Å². The van der Waals surface area contributed by atoms with Gasteiger partial charge in [0.1, 0.15) is 0 Å². The van der Waals surface area contributed by atoms with Gasteiger partial charge in [-0.15, -0.1) is 0 Å². The first-order valence-corrected chi connectivity index (χ1v) is 10.2. The van der Waals surface area contributed by atoms with Crippen LogP contribution in [0.4, 0.5) is 0 Å². The van der Waals surface area contributed by atoms with Gasteiger partial charge in [0.25, 0.3) is 0 Å². The number of fused-ring (bicyclic) bond motifs is 1. The SMILES string of the molecule is O=C(NC[C@@H]1CCCO1)C1CCN(C(=O)[C@@H]2Cc3ccccc3CN2)CC1. The molecule has 6 heteroatoms. The molecule has 146 valence electrons. The van der Waals surface area contributed by atoms with Crippen LogP contribution in [0.1, 0.15) is 36.8 Å². The summed E-state index contributed by atoms with van der Waals surface area (Å²) in [5.41, 5.74) is 2.54. The smallest absolute Gasteiger partial charge is 0.240 e. The molecular formula is C21H29N3O3. The summed E-state index contributed by atoms with van der Waals surface area (Å²) in [6.07, 6.45) is 4.53. The van der Waals surface area contributed by atoms with Crippen LogP contribution >= 0.6 is 0 Å². The summed E-state index contributed by atoms with van der Waals surface area (Å²) >= 11 is 0. The zero-order valence-corrected chi connectivity index (χ0v) is 15.8. The van der Waals surface area contributed by atoms with E-state index in [0.29, 0.717) is 19.6 Å². The van der Waals surface area contributed by atoms with Crippen molar-refractivity contribution in [1.29, 1.82) is 0 Å². The number of hydrogen-bond donors (Lipinski definition) is 2. The molecule has 6 nitrogen and oxygen atoms in total. The summed E-state index contributed by atoms with van der Waals surface area (Å²) in [7, 11) is 0. The third-order valence-corrected chi connectivity index (χ3v) is 6.08. The van der Waals surface area contributed by atoms with E-state index in [2.05, 4.69) is 22.8 Å². The molecule has 0 radical (unpaired) electrons. The number of hydrogen-bond acceptors (Lipinski definition) is 4. The predicted octanol–water partition coefficient (Wildman–Crippen LogP) is 1.23. The maximum Gasteiger partial charge on any atom is 0.240 e. The molecule has 27 heavy (non-hydrogen) atoms. The maximum absolute atomic E-state index is 12.9. The zero-order valence-electron chi connectivity index (χ0n) is 15.8. The van der Waals surface area contributed by atoms with Crippen LogP contribution in [0.25, 0.3) is 0 Å². The lowest BCUT2D eigenvalue weighted by atomic mass is 9.92. The lowest BCUT2D eigenvalue weighted by Crippen LogP contribution is -2.52. The van der Waals surface area contributed by atoms with Crippen molar-refractivity contribution in [3.8, 4) is 0 Å². The van der Waals surface area contributed by atoms with Gasteiger partial charge in [-0.3, -0.25) is 9.59 Å². The van der Waals surface area contributed by atoms with Crippen LogP contribution in [0.15, 0.2) is 24.3 Å². The average Bonchev–Trinajstić information content (AvgIpc) is 3.25. The summed E-state index contributed by atoms with van der Waals surface area (Å²) in [6.45, 7) is 3.49. The number of amides is 2. The first-order chi connectivity index (χ1) is 13.2. The minimum Gasteiger partial charge on any atom is -0.376 e. The van der Waals surface area contributed by atoms with Crippen LogP contribution in [0.5, 0.6) is 0 Å². The maximum atomic E-state index is 12.9. The Bertz CT molecular complexity index is 679. The molecule has 2 saturated heterocycles. The highest BCUT2D eigenvalue weighted by molar-refractivity contribution is 5.83. The van der Waals surface area contributed by atoms with Crippen LogP contribution in [-0.2, 0) is 27.3 Å². The zero-order chi connectivity index (χ0) is 18.6. The normalized spacial score (nSPS) is 25.9. The van der Waals surface area contributed by atoms with Gasteiger partial charge in [0, 0.05) is 38.7 Å². The van der Waals surface area contributed by atoms with Crippen LogP contribution in [0, 0.1) is 5.92 Å². The lowest BCUT2D eigenvalue weighted by molar-refractivity contribution is -0.137. The fourth-order valence-corrected chi connectivity index (χ4v) is 4.38. The van der Waals surface area contributed by atoms with E-state index in [1.165, 1.54) is 11.1 Å². The van der Waals surface area contributed by atoms with E-state index < -0.39 is 0 Å². The molecule has 0 aromatic heterocycles. The summed E-state index contributed by atoms with van der Waals surface area (Å²) in [5.74, 6) is 0.292. The Morgan fingerprint density at radius 2 is 1.93 bits per heavy atom. The predicted molar refractivity (Wildman–Crippen MR) is 102 cm³/mol. The Labute approximate surface area is 160 Å². The summed E-state index contributed by atoms with van der Waals surface area (Å²) in [4.78, 5) is 27.2. The van der Waals surface area contributed by atoms with Gasteiger partial charge in [-0.1, -0.05) is 24.3 Å². The van der Waals surface area contributed by atoms with Gasteiger partial charge < -0.3 is 20.3 Å². The molecule has 0 aliphatic carbocycles. The Kier molecular flexibility index (Phi) is 5.74. The number of carbonyl (C=O) groups excluding carboxylic acids is 2. The molecule has 2 N–H and O–H groups in total. The van der Waals surface area contributed by atoms with E-state index >= 15 is 0 Å². The number of piperidine rings is 1. The first kappa shape index (κ1) is 18.4. The monoisotopic (exact) mass is 371 g/mol. The highest BCUT2D eigenvalue weighted by Gasteiger charge is 2.32. The molecule has 3 aliphatic heterocycles. The first-order valence-electron chi connectivity index (χ1n) is 10.2. The van der Waals surface area contributed by atoms with Crippen molar-refractivity contribution in [2.45, 2.75) is 50.8 Å². The Morgan fingerprint density at radius 3 is 2.67 bits per heavy atom. The van der Waals surface area contributed by atoms with Crippen LogP contribution in [0.2, 0.25) is 0 Å². The second kappa shape index (κ2) is 8.40. The molecule has 0 unspecified atom stereocenters. The quantitative estimate of drug-likeness (QED) is 0.835. The number of ether oxygens (including phenoxy) is 1. The Hall–Kier alpha value is -1.92. The summed E-state index contributed by atoms with van der Waals surface area (Å²) < 4.78 is 5.56. The third kappa shape index (κ3) is 4.33. The molecule has 2 fully saturated rings. The molecule has 1 aromatic carbocycles.